The van der Waals surface area contributed by atoms with Crippen LogP contribution in [-0.2, 0) is 4.89 Å². The molecule has 2 unspecified atom stereocenters. The molecule has 0 aliphatic heterocycles. The summed E-state index contributed by atoms with van der Waals surface area (Å²) in [5.74, 6) is 0.557. The Balaban J connectivity index is 0. The van der Waals surface area contributed by atoms with Gasteiger partial charge in [0.25, 0.3) is 0 Å². The van der Waals surface area contributed by atoms with E-state index in [1.54, 1.807) is 0 Å². The lowest BCUT2D eigenvalue weighted by Crippen LogP contribution is -2.41. The van der Waals surface area contributed by atoms with E-state index in [4.69, 9.17) is 40.2 Å². The average molecular weight is 292 g/mol. The van der Waals surface area contributed by atoms with Crippen LogP contribution < -0.4 is 20.4 Å². The van der Waals surface area contributed by atoms with Crippen molar-refractivity contribution in [1.29, 1.82) is 0 Å². The van der Waals surface area contributed by atoms with Crippen LogP contribution >= 0.6 is 0 Å². The maximum absolute atomic E-state index is 8.94. The molecule has 1 N–H and O–H groups in total. The molecule has 0 heterocycles. The molecule has 0 bridgehead atoms. The minimum atomic E-state index is -2.33. The van der Waals surface area contributed by atoms with Crippen LogP contribution in [-0.4, -0.2) is 23.2 Å². The molecule has 120 valence electrons. The van der Waals surface area contributed by atoms with E-state index in [1.165, 1.54) is 19.3 Å². The number of rotatable bonds is 3. The van der Waals surface area contributed by atoms with E-state index < -0.39 is 12.3 Å². The maximum Gasteiger partial charge on any atom is 0.106 e. The fourth-order valence-corrected chi connectivity index (χ4v) is 2.51. The summed E-state index contributed by atoms with van der Waals surface area (Å²) in [4.78, 5) is 21.4. The lowest BCUT2D eigenvalue weighted by atomic mass is 9.72. The van der Waals surface area contributed by atoms with E-state index in [9.17, 15) is 0 Å². The quantitative estimate of drug-likeness (QED) is 0.478. The number of carbonyl (C=O) groups is 2. The van der Waals surface area contributed by atoms with Gasteiger partial charge in [-0.05, 0) is 37.5 Å². The van der Waals surface area contributed by atoms with Crippen LogP contribution in [0.15, 0.2) is 0 Å². The van der Waals surface area contributed by atoms with Crippen molar-refractivity contribution in [1.82, 2.24) is 0 Å². The van der Waals surface area contributed by atoms with Crippen LogP contribution in [0.1, 0.15) is 52.4 Å². The minimum Gasteiger partial charge on any atom is -0.652 e. The van der Waals surface area contributed by atoms with Gasteiger partial charge in [0.2, 0.25) is 0 Å². The molecule has 1 aliphatic carbocycles. The predicted molar refractivity (Wildman–Crippen MR) is 59.8 cm³/mol. The number of carbonyl (C=O) groups excluding carboxylic acids is 2. The molecule has 1 rings (SSSR count). The van der Waals surface area contributed by atoms with Crippen molar-refractivity contribution in [3.8, 4) is 0 Å². The number of hydrogen-bond donors (Lipinski definition) is 1. The summed E-state index contributed by atoms with van der Waals surface area (Å²) in [5.41, 5.74) is -0.215. The van der Waals surface area contributed by atoms with Gasteiger partial charge in [0.15, 0.2) is 0 Å². The smallest absolute Gasteiger partial charge is 0.106 e. The molecular formula is C12H20O8-4. The molecule has 2 atom stereocenters. The van der Waals surface area contributed by atoms with Crippen molar-refractivity contribution in [2.45, 2.75) is 58.0 Å². The third kappa shape index (κ3) is 9.40. The van der Waals surface area contributed by atoms with E-state index in [-0.39, 0.29) is 5.60 Å². The molecule has 0 amide bonds. The zero-order chi connectivity index (χ0) is 16.2. The van der Waals surface area contributed by atoms with Crippen molar-refractivity contribution in [2.75, 3.05) is 0 Å². The van der Waals surface area contributed by atoms with Crippen LogP contribution in [0.2, 0.25) is 0 Å². The first kappa shape index (κ1) is 20.8. The summed E-state index contributed by atoms with van der Waals surface area (Å²) >= 11 is 0. The summed E-state index contributed by atoms with van der Waals surface area (Å²) in [7, 11) is 0. The second kappa shape index (κ2) is 11.3. The van der Waals surface area contributed by atoms with Crippen LogP contribution in [0.4, 0.5) is 9.59 Å². The first-order valence-corrected chi connectivity index (χ1v) is 6.34. The minimum absolute atomic E-state index is 0.215. The Morgan fingerprint density at radius 3 is 1.85 bits per heavy atom. The first-order valence-electron chi connectivity index (χ1n) is 6.34. The van der Waals surface area contributed by atoms with Gasteiger partial charge in [0.05, 0.1) is 0 Å². The summed E-state index contributed by atoms with van der Waals surface area (Å²) < 4.78 is 0. The van der Waals surface area contributed by atoms with Gasteiger partial charge in [-0.2, -0.15) is 0 Å². The Bertz CT molecular complexity index is 255. The Morgan fingerprint density at radius 1 is 1.15 bits per heavy atom. The number of hydrogen-bond acceptors (Lipinski definition) is 8. The van der Waals surface area contributed by atoms with Crippen molar-refractivity contribution in [2.24, 2.45) is 5.92 Å². The van der Waals surface area contributed by atoms with Crippen molar-refractivity contribution in [3.05, 3.63) is 0 Å². The predicted octanol–water partition coefficient (Wildman–Crippen LogP) is -1.67. The SMILES string of the molecule is CCC1CCCCC1(CC)OO.O=C([O-])[O-].O=C([O-])[O-]. The van der Waals surface area contributed by atoms with E-state index in [2.05, 4.69) is 13.8 Å². The van der Waals surface area contributed by atoms with Gasteiger partial charge < -0.3 is 30.0 Å². The third-order valence-corrected chi connectivity index (χ3v) is 3.42. The molecule has 1 aliphatic rings. The van der Waals surface area contributed by atoms with Gasteiger partial charge in [0, 0.05) is 0 Å². The van der Waals surface area contributed by atoms with E-state index in [0.717, 1.165) is 19.3 Å². The van der Waals surface area contributed by atoms with Crippen LogP contribution in [0.3, 0.4) is 0 Å². The Hall–Kier alpha value is -1.54. The zero-order valence-electron chi connectivity index (χ0n) is 11.6. The molecule has 1 fully saturated rings. The molecule has 0 aromatic carbocycles. The molecule has 0 saturated heterocycles. The van der Waals surface area contributed by atoms with Crippen molar-refractivity contribution >= 4 is 12.3 Å². The lowest BCUT2D eigenvalue weighted by Gasteiger charge is -2.40. The highest BCUT2D eigenvalue weighted by molar-refractivity contribution is 5.47. The molecule has 20 heavy (non-hydrogen) atoms. The van der Waals surface area contributed by atoms with Gasteiger partial charge in [-0.3, -0.25) is 5.26 Å². The standard InChI is InChI=1S/C10H20O2.2CH2O3/c1-3-9-7-5-6-8-10(9,4-2)12-11;2*2-1(3)4/h9,11H,3-8H2,1-2H3;2*(H2,2,3,4)/p-4. The van der Waals surface area contributed by atoms with Gasteiger partial charge in [0.1, 0.15) is 5.60 Å². The van der Waals surface area contributed by atoms with E-state index >= 15 is 0 Å². The highest BCUT2D eigenvalue weighted by Gasteiger charge is 2.39. The highest BCUT2D eigenvalue weighted by Crippen LogP contribution is 2.40. The van der Waals surface area contributed by atoms with E-state index in [1.807, 2.05) is 0 Å². The summed E-state index contributed by atoms with van der Waals surface area (Å²) in [6.45, 7) is 4.28. The highest BCUT2D eigenvalue weighted by atomic mass is 17.1. The molecule has 8 heteroatoms. The first-order chi connectivity index (χ1) is 9.25. The number of carboxylic acid groups (broad SMARTS) is 4. The second-order valence-corrected chi connectivity index (χ2v) is 4.36. The monoisotopic (exact) mass is 292 g/mol. The van der Waals surface area contributed by atoms with Crippen LogP contribution in [0, 0.1) is 5.92 Å². The average Bonchev–Trinajstić information content (AvgIpc) is 2.37. The fraction of sp³-hybridized carbons (Fsp3) is 0.833. The topological polar surface area (TPSA) is 156 Å². The van der Waals surface area contributed by atoms with Gasteiger partial charge in [-0.1, -0.05) is 33.1 Å². The molecule has 0 aromatic rings. The molecule has 0 spiro atoms. The second-order valence-electron chi connectivity index (χ2n) is 4.36. The Labute approximate surface area is 117 Å². The molecule has 0 radical (unpaired) electrons. The van der Waals surface area contributed by atoms with Gasteiger partial charge in [-0.15, -0.1) is 0 Å². The Morgan fingerprint density at radius 2 is 1.60 bits per heavy atom. The van der Waals surface area contributed by atoms with Crippen LogP contribution in [0.5, 0.6) is 0 Å². The maximum atomic E-state index is 8.94. The van der Waals surface area contributed by atoms with Gasteiger partial charge >= 0.3 is 0 Å². The summed E-state index contributed by atoms with van der Waals surface area (Å²) in [5, 5.41) is 42.3. The molecular weight excluding hydrogens is 272 g/mol. The lowest BCUT2D eigenvalue weighted by molar-refractivity contribution is -0.417. The van der Waals surface area contributed by atoms with Crippen molar-refractivity contribution < 1.29 is 40.2 Å². The summed E-state index contributed by atoms with van der Waals surface area (Å²) in [6.07, 6.45) is 2.12. The normalized spacial score (nSPS) is 24.4. The molecule has 1 saturated carbocycles. The van der Waals surface area contributed by atoms with Crippen LogP contribution in [0.25, 0.3) is 0 Å². The molecule has 8 nitrogen and oxygen atoms in total. The largest absolute Gasteiger partial charge is 0.652 e. The summed E-state index contributed by atoms with van der Waals surface area (Å²) in [6, 6.07) is 0. The van der Waals surface area contributed by atoms with Crippen molar-refractivity contribution in [3.63, 3.8) is 0 Å². The van der Waals surface area contributed by atoms with Gasteiger partial charge in [-0.25, -0.2) is 4.89 Å². The Kier molecular flexibility index (Phi) is 11.7. The zero-order valence-corrected chi connectivity index (χ0v) is 11.6. The molecule has 0 aromatic heterocycles. The fourth-order valence-electron chi connectivity index (χ4n) is 2.51. The van der Waals surface area contributed by atoms with E-state index in [0.29, 0.717) is 5.92 Å². The third-order valence-electron chi connectivity index (χ3n) is 3.42.